The fourth-order valence-electron chi connectivity index (χ4n) is 0.534. The van der Waals surface area contributed by atoms with Crippen molar-refractivity contribution >= 4 is 6.03 Å². The van der Waals surface area contributed by atoms with Crippen LogP contribution >= 0.6 is 0 Å². The lowest BCUT2D eigenvalue weighted by Crippen LogP contribution is -2.41. The molecule has 1 heterocycles. The summed E-state index contributed by atoms with van der Waals surface area (Å²) in [4.78, 5) is 10.3. The maximum atomic E-state index is 10.3. The average molecular weight is 122 g/mol. The molecule has 0 aliphatic carbocycles. The van der Waals surface area contributed by atoms with E-state index in [1.807, 2.05) is 0 Å². The molecule has 1 N–H and O–H groups in total. The number of carbonyl (C=O) groups is 1. The van der Waals surface area contributed by atoms with E-state index in [2.05, 4.69) is 0 Å². The van der Waals surface area contributed by atoms with Crippen molar-refractivity contribution in [2.45, 2.75) is 0 Å². The Morgan fingerprint density at radius 3 is 2.11 bits per heavy atom. The summed E-state index contributed by atoms with van der Waals surface area (Å²) >= 11 is 0. The summed E-state index contributed by atoms with van der Waals surface area (Å²) in [6, 6.07) is 4.48. The molecule has 0 atom stereocenters. The highest BCUT2D eigenvalue weighted by atomic mass is 16.2. The van der Waals surface area contributed by atoms with Gasteiger partial charge in [-0.2, -0.15) is 9.36 Å². The molecular formula is C6H6N2O+. The van der Waals surface area contributed by atoms with Crippen LogP contribution in [0.15, 0.2) is 30.6 Å². The Kier molecular flexibility index (Phi) is 1.44. The highest BCUT2D eigenvalue weighted by Gasteiger charge is 2.03. The molecule has 0 unspecified atom stereocenters. The molecule has 9 heavy (non-hydrogen) atoms. The lowest BCUT2D eigenvalue weighted by atomic mass is 10.5. The topological polar surface area (TPSA) is 44.8 Å². The van der Waals surface area contributed by atoms with Crippen LogP contribution in [0.5, 0.6) is 0 Å². The smallest absolute Gasteiger partial charge is 0.193 e. The maximum Gasteiger partial charge on any atom is 0.536 e. The standard InChI is InChI=1S/C6H6N2O/c7-6(9)8-4-2-1-3-5-8/h1-5,7H/q+1. The number of aromatic nitrogens is 1. The third-order valence-electron chi connectivity index (χ3n) is 0.950. The first-order chi connectivity index (χ1) is 4.30. The van der Waals surface area contributed by atoms with Crippen molar-refractivity contribution in [1.29, 1.82) is 0 Å². The summed E-state index contributed by atoms with van der Waals surface area (Å²) in [6.07, 6.45) is 3.07. The molecule has 3 heteroatoms. The molecule has 1 rings (SSSR count). The Balaban J connectivity index is 2.98. The summed E-state index contributed by atoms with van der Waals surface area (Å²) < 4.78 is 1.19. The summed E-state index contributed by atoms with van der Waals surface area (Å²) in [6.45, 7) is 0. The quantitative estimate of drug-likeness (QED) is 0.454. The van der Waals surface area contributed by atoms with Crippen LogP contribution in [-0.4, -0.2) is 6.03 Å². The Hall–Kier alpha value is -1.38. The SMILES string of the molecule is [NH]C(=O)[n+]1ccccc1. The van der Waals surface area contributed by atoms with Gasteiger partial charge in [-0.25, -0.2) is 0 Å². The first-order valence-electron chi connectivity index (χ1n) is 2.53. The van der Waals surface area contributed by atoms with E-state index in [9.17, 15) is 4.79 Å². The molecule has 1 radical (unpaired) electrons. The lowest BCUT2D eigenvalue weighted by Gasteiger charge is -1.84. The molecule has 0 bridgehead atoms. The molecule has 3 nitrogen and oxygen atoms in total. The second-order valence-electron chi connectivity index (χ2n) is 1.59. The summed E-state index contributed by atoms with van der Waals surface area (Å²) in [5.74, 6) is 0. The third-order valence-corrected chi connectivity index (χ3v) is 0.950. The molecule has 1 aromatic heterocycles. The zero-order chi connectivity index (χ0) is 6.69. The first-order valence-corrected chi connectivity index (χ1v) is 2.53. The van der Waals surface area contributed by atoms with Crippen LogP contribution in [0.4, 0.5) is 4.79 Å². The summed E-state index contributed by atoms with van der Waals surface area (Å²) in [5.41, 5.74) is 6.64. The summed E-state index contributed by atoms with van der Waals surface area (Å²) in [5, 5.41) is 0. The van der Waals surface area contributed by atoms with Crippen LogP contribution in [0.25, 0.3) is 0 Å². The van der Waals surface area contributed by atoms with Gasteiger partial charge in [0.15, 0.2) is 0 Å². The molecule has 0 saturated carbocycles. The molecular weight excluding hydrogens is 116 g/mol. The Labute approximate surface area is 52.7 Å². The van der Waals surface area contributed by atoms with Gasteiger partial charge < -0.3 is 0 Å². The largest absolute Gasteiger partial charge is 0.536 e. The van der Waals surface area contributed by atoms with Gasteiger partial charge in [0.1, 0.15) is 0 Å². The summed E-state index contributed by atoms with van der Waals surface area (Å²) in [7, 11) is 0. The highest BCUT2D eigenvalue weighted by Crippen LogP contribution is 1.74. The van der Waals surface area contributed by atoms with Gasteiger partial charge in [0.05, 0.1) is 12.4 Å². The minimum atomic E-state index is -0.712. The van der Waals surface area contributed by atoms with Crippen LogP contribution in [0, 0.1) is 0 Å². The fraction of sp³-hybridized carbons (Fsp3) is 0. The molecule has 45 valence electrons. The van der Waals surface area contributed by atoms with E-state index in [1.165, 1.54) is 17.0 Å². The average Bonchev–Trinajstić information content (AvgIpc) is 1.90. The van der Waals surface area contributed by atoms with Crippen molar-refractivity contribution in [3.63, 3.8) is 0 Å². The predicted molar refractivity (Wildman–Crippen MR) is 30.5 cm³/mol. The van der Waals surface area contributed by atoms with Gasteiger partial charge in [-0.05, 0) is 12.1 Å². The van der Waals surface area contributed by atoms with Crippen LogP contribution in [-0.2, 0) is 0 Å². The zero-order valence-electron chi connectivity index (χ0n) is 4.74. The van der Waals surface area contributed by atoms with Crippen LogP contribution in [0.1, 0.15) is 0 Å². The van der Waals surface area contributed by atoms with E-state index in [4.69, 9.17) is 5.73 Å². The molecule has 0 aliphatic heterocycles. The van der Waals surface area contributed by atoms with Crippen LogP contribution in [0.3, 0.4) is 0 Å². The van der Waals surface area contributed by atoms with Gasteiger partial charge in [-0.3, -0.25) is 0 Å². The number of carbonyl (C=O) groups excluding carboxylic acids is 1. The van der Waals surface area contributed by atoms with Crippen molar-refractivity contribution < 1.29 is 9.36 Å². The Morgan fingerprint density at radius 2 is 1.78 bits per heavy atom. The number of pyridine rings is 1. The number of rotatable bonds is 0. The minimum absolute atomic E-state index is 0.712. The number of hydrogen-bond donors (Lipinski definition) is 0. The Morgan fingerprint density at radius 1 is 1.22 bits per heavy atom. The lowest BCUT2D eigenvalue weighted by molar-refractivity contribution is -0.570. The van der Waals surface area contributed by atoms with Gasteiger partial charge in [0.25, 0.3) is 0 Å². The molecule has 0 spiro atoms. The number of nitrogens with zero attached hydrogens (tertiary/aromatic N) is 1. The maximum absolute atomic E-state index is 10.3. The monoisotopic (exact) mass is 122 g/mol. The van der Waals surface area contributed by atoms with Gasteiger partial charge in [0, 0.05) is 0 Å². The van der Waals surface area contributed by atoms with Crippen LogP contribution in [0.2, 0.25) is 0 Å². The molecule has 1 aromatic rings. The first kappa shape index (κ1) is 5.75. The van der Waals surface area contributed by atoms with E-state index in [0.717, 1.165) is 0 Å². The number of hydrogen-bond acceptors (Lipinski definition) is 1. The predicted octanol–water partition coefficient (Wildman–Crippen LogP) is 0.225. The Bertz CT molecular complexity index is 208. The van der Waals surface area contributed by atoms with Gasteiger partial charge in [-0.15, -0.1) is 0 Å². The van der Waals surface area contributed by atoms with Crippen molar-refractivity contribution in [3.8, 4) is 0 Å². The van der Waals surface area contributed by atoms with Gasteiger partial charge in [-0.1, -0.05) is 11.8 Å². The van der Waals surface area contributed by atoms with Crippen molar-refractivity contribution in [1.82, 2.24) is 5.73 Å². The molecule has 0 aliphatic rings. The zero-order valence-corrected chi connectivity index (χ0v) is 4.74. The second-order valence-corrected chi connectivity index (χ2v) is 1.59. The van der Waals surface area contributed by atoms with Gasteiger partial charge in [0.2, 0.25) is 0 Å². The number of nitrogens with one attached hydrogen (secondary N) is 1. The van der Waals surface area contributed by atoms with E-state index in [1.54, 1.807) is 18.2 Å². The highest BCUT2D eigenvalue weighted by molar-refractivity contribution is 5.60. The van der Waals surface area contributed by atoms with E-state index >= 15 is 0 Å². The van der Waals surface area contributed by atoms with Crippen molar-refractivity contribution in [2.75, 3.05) is 0 Å². The number of amides is 1. The van der Waals surface area contributed by atoms with E-state index in [0.29, 0.717) is 0 Å². The van der Waals surface area contributed by atoms with E-state index < -0.39 is 6.03 Å². The van der Waals surface area contributed by atoms with E-state index in [-0.39, 0.29) is 0 Å². The fourth-order valence-corrected chi connectivity index (χ4v) is 0.534. The minimum Gasteiger partial charge on any atom is -0.193 e. The van der Waals surface area contributed by atoms with Crippen LogP contribution < -0.4 is 10.3 Å². The normalized spacial score (nSPS) is 8.89. The third kappa shape index (κ3) is 1.25. The second kappa shape index (κ2) is 2.26. The van der Waals surface area contributed by atoms with Gasteiger partial charge >= 0.3 is 6.03 Å². The molecule has 0 aromatic carbocycles. The van der Waals surface area contributed by atoms with Crippen molar-refractivity contribution in [2.24, 2.45) is 0 Å². The molecule has 1 amide bonds. The molecule has 0 saturated heterocycles. The van der Waals surface area contributed by atoms with Crippen molar-refractivity contribution in [3.05, 3.63) is 30.6 Å². The molecule has 0 fully saturated rings.